The van der Waals surface area contributed by atoms with Crippen LogP contribution in [0, 0.1) is 0 Å². The van der Waals surface area contributed by atoms with E-state index in [2.05, 4.69) is 5.32 Å². The van der Waals surface area contributed by atoms with Crippen LogP contribution in [0.15, 0.2) is 18.2 Å². The van der Waals surface area contributed by atoms with E-state index in [4.69, 9.17) is 9.47 Å². The van der Waals surface area contributed by atoms with Crippen LogP contribution in [-0.2, 0) is 0 Å². The quantitative estimate of drug-likeness (QED) is 0.923. The van der Waals surface area contributed by atoms with Crippen molar-refractivity contribution in [1.29, 1.82) is 0 Å². The SMILES string of the molecule is CCOc1ccc2c(c1)OC1(C)CC2NC(=O)N1CC. The molecule has 2 heterocycles. The topological polar surface area (TPSA) is 50.8 Å². The first kappa shape index (κ1) is 13.1. The summed E-state index contributed by atoms with van der Waals surface area (Å²) in [6.45, 7) is 7.13. The summed E-state index contributed by atoms with van der Waals surface area (Å²) in [5, 5.41) is 3.05. The Morgan fingerprint density at radius 1 is 1.50 bits per heavy atom. The average molecular weight is 276 g/mol. The van der Waals surface area contributed by atoms with Gasteiger partial charge in [-0.15, -0.1) is 0 Å². The van der Waals surface area contributed by atoms with Gasteiger partial charge in [-0.25, -0.2) is 4.79 Å². The summed E-state index contributed by atoms with van der Waals surface area (Å²) in [6.07, 6.45) is 0.758. The van der Waals surface area contributed by atoms with Crippen LogP contribution in [0.1, 0.15) is 38.8 Å². The largest absolute Gasteiger partial charge is 0.494 e. The molecule has 1 aromatic carbocycles. The average Bonchev–Trinajstić information content (AvgIpc) is 2.38. The number of hydrogen-bond donors (Lipinski definition) is 1. The zero-order valence-corrected chi connectivity index (χ0v) is 12.1. The molecule has 3 rings (SSSR count). The van der Waals surface area contributed by atoms with Crippen molar-refractivity contribution in [2.24, 2.45) is 0 Å². The summed E-state index contributed by atoms with van der Waals surface area (Å²) in [6, 6.07) is 5.76. The first-order valence-corrected chi connectivity index (χ1v) is 7.11. The Morgan fingerprint density at radius 2 is 2.30 bits per heavy atom. The number of nitrogens with zero attached hydrogens (tertiary/aromatic N) is 1. The number of rotatable bonds is 3. The highest BCUT2D eigenvalue weighted by Gasteiger charge is 2.48. The van der Waals surface area contributed by atoms with Crippen LogP contribution < -0.4 is 14.8 Å². The molecule has 20 heavy (non-hydrogen) atoms. The van der Waals surface area contributed by atoms with Gasteiger partial charge in [-0.3, -0.25) is 4.90 Å². The molecular formula is C15H20N2O3. The minimum Gasteiger partial charge on any atom is -0.494 e. The molecule has 2 aliphatic heterocycles. The van der Waals surface area contributed by atoms with Crippen LogP contribution in [0.4, 0.5) is 4.79 Å². The van der Waals surface area contributed by atoms with Gasteiger partial charge in [0.15, 0.2) is 5.72 Å². The summed E-state index contributed by atoms with van der Waals surface area (Å²) < 4.78 is 11.7. The second-order valence-electron chi connectivity index (χ2n) is 5.36. The van der Waals surface area contributed by atoms with Crippen LogP contribution >= 0.6 is 0 Å². The lowest BCUT2D eigenvalue weighted by Gasteiger charge is -2.50. The molecule has 0 aliphatic carbocycles. The van der Waals surface area contributed by atoms with Gasteiger partial charge in [0, 0.05) is 24.6 Å². The minimum atomic E-state index is -0.584. The summed E-state index contributed by atoms with van der Waals surface area (Å²) in [7, 11) is 0. The van der Waals surface area contributed by atoms with Crippen molar-refractivity contribution in [1.82, 2.24) is 10.2 Å². The summed E-state index contributed by atoms with van der Waals surface area (Å²) in [5.41, 5.74) is 0.439. The fourth-order valence-electron chi connectivity index (χ4n) is 3.13. The molecule has 1 N–H and O–H groups in total. The van der Waals surface area contributed by atoms with Crippen molar-refractivity contribution in [2.45, 2.75) is 39.0 Å². The molecule has 0 radical (unpaired) electrons. The number of amides is 2. The molecule has 2 unspecified atom stereocenters. The third kappa shape index (κ3) is 1.88. The molecule has 1 saturated heterocycles. The molecule has 0 spiro atoms. The van der Waals surface area contributed by atoms with E-state index in [0.717, 1.165) is 23.5 Å². The number of carbonyl (C=O) groups is 1. The fraction of sp³-hybridized carbons (Fsp3) is 0.533. The van der Waals surface area contributed by atoms with Gasteiger partial charge in [0.05, 0.1) is 12.6 Å². The molecule has 2 amide bonds. The molecule has 0 aromatic heterocycles. The third-order valence-corrected chi connectivity index (χ3v) is 4.01. The van der Waals surface area contributed by atoms with E-state index in [1.54, 1.807) is 4.90 Å². The number of carbonyl (C=O) groups excluding carboxylic acids is 1. The predicted molar refractivity (Wildman–Crippen MR) is 74.9 cm³/mol. The molecule has 1 fully saturated rings. The van der Waals surface area contributed by atoms with Crippen LogP contribution in [0.2, 0.25) is 0 Å². The maximum Gasteiger partial charge on any atom is 0.320 e. The Kier molecular flexibility index (Phi) is 3.00. The summed E-state index contributed by atoms with van der Waals surface area (Å²) in [5.74, 6) is 1.59. The first-order chi connectivity index (χ1) is 9.57. The number of nitrogens with one attached hydrogen (secondary N) is 1. The van der Waals surface area contributed by atoms with E-state index in [1.165, 1.54) is 0 Å². The number of benzene rings is 1. The molecule has 2 atom stereocenters. The Morgan fingerprint density at radius 3 is 3.00 bits per heavy atom. The van der Waals surface area contributed by atoms with Crippen LogP contribution in [0.25, 0.3) is 0 Å². The highest BCUT2D eigenvalue weighted by Crippen LogP contribution is 2.45. The predicted octanol–water partition coefficient (Wildman–Crippen LogP) is 2.67. The molecule has 5 heteroatoms. The lowest BCUT2D eigenvalue weighted by molar-refractivity contribution is -0.0816. The molecule has 2 bridgehead atoms. The molecule has 0 saturated carbocycles. The van der Waals surface area contributed by atoms with Crippen molar-refractivity contribution in [3.63, 3.8) is 0 Å². The Labute approximate surface area is 118 Å². The Bertz CT molecular complexity index is 546. The Hall–Kier alpha value is -1.91. The van der Waals surface area contributed by atoms with Gasteiger partial charge in [-0.05, 0) is 32.9 Å². The summed E-state index contributed by atoms with van der Waals surface area (Å²) >= 11 is 0. The van der Waals surface area contributed by atoms with E-state index in [9.17, 15) is 4.79 Å². The van der Waals surface area contributed by atoms with Crippen molar-refractivity contribution < 1.29 is 14.3 Å². The van der Waals surface area contributed by atoms with Crippen LogP contribution in [0.3, 0.4) is 0 Å². The normalized spacial score (nSPS) is 27.4. The second kappa shape index (κ2) is 4.58. The van der Waals surface area contributed by atoms with Crippen molar-refractivity contribution in [2.75, 3.05) is 13.2 Å². The van der Waals surface area contributed by atoms with E-state index < -0.39 is 5.72 Å². The van der Waals surface area contributed by atoms with E-state index in [0.29, 0.717) is 13.2 Å². The second-order valence-corrected chi connectivity index (χ2v) is 5.36. The molecule has 2 aliphatic rings. The lowest BCUT2D eigenvalue weighted by Crippen LogP contribution is -2.64. The zero-order valence-electron chi connectivity index (χ0n) is 12.1. The van der Waals surface area contributed by atoms with Gasteiger partial charge in [0.25, 0.3) is 0 Å². The van der Waals surface area contributed by atoms with Crippen molar-refractivity contribution >= 4 is 6.03 Å². The van der Waals surface area contributed by atoms with Crippen LogP contribution in [0.5, 0.6) is 11.5 Å². The number of fused-ring (bicyclic) bond motifs is 4. The minimum absolute atomic E-state index is 0.00901. The molecule has 1 aromatic rings. The number of hydrogen-bond acceptors (Lipinski definition) is 3. The highest BCUT2D eigenvalue weighted by atomic mass is 16.5. The molecule has 5 nitrogen and oxygen atoms in total. The molecular weight excluding hydrogens is 256 g/mol. The smallest absolute Gasteiger partial charge is 0.320 e. The Balaban J connectivity index is 2.00. The standard InChI is InChI=1S/C15H20N2O3/c1-4-17-14(18)16-12-9-15(17,3)20-13-8-10(19-5-2)6-7-11(12)13/h6-8,12H,4-5,9H2,1-3H3,(H,16,18). The van der Waals surface area contributed by atoms with Gasteiger partial charge >= 0.3 is 6.03 Å². The van der Waals surface area contributed by atoms with Gasteiger partial charge in [-0.1, -0.05) is 0 Å². The maximum absolute atomic E-state index is 12.1. The monoisotopic (exact) mass is 276 g/mol. The van der Waals surface area contributed by atoms with E-state index in [1.807, 2.05) is 39.0 Å². The lowest BCUT2D eigenvalue weighted by atomic mass is 9.90. The fourth-order valence-corrected chi connectivity index (χ4v) is 3.13. The van der Waals surface area contributed by atoms with Gasteiger partial charge in [0.2, 0.25) is 0 Å². The zero-order chi connectivity index (χ0) is 14.3. The van der Waals surface area contributed by atoms with Crippen molar-refractivity contribution in [3.05, 3.63) is 23.8 Å². The highest BCUT2D eigenvalue weighted by molar-refractivity contribution is 5.77. The first-order valence-electron chi connectivity index (χ1n) is 7.11. The molecule has 108 valence electrons. The number of urea groups is 1. The van der Waals surface area contributed by atoms with Gasteiger partial charge in [0.1, 0.15) is 11.5 Å². The van der Waals surface area contributed by atoms with Gasteiger partial charge in [-0.2, -0.15) is 0 Å². The number of ether oxygens (including phenoxy) is 2. The summed E-state index contributed by atoms with van der Waals surface area (Å²) in [4.78, 5) is 13.9. The van der Waals surface area contributed by atoms with E-state index >= 15 is 0 Å². The maximum atomic E-state index is 12.1. The third-order valence-electron chi connectivity index (χ3n) is 4.01. The van der Waals surface area contributed by atoms with Crippen molar-refractivity contribution in [3.8, 4) is 11.5 Å². The van der Waals surface area contributed by atoms with Crippen LogP contribution in [-0.4, -0.2) is 29.8 Å². The van der Waals surface area contributed by atoms with Gasteiger partial charge < -0.3 is 14.8 Å². The van der Waals surface area contributed by atoms with E-state index in [-0.39, 0.29) is 12.1 Å².